The van der Waals surface area contributed by atoms with E-state index in [2.05, 4.69) is 15.1 Å². The molecule has 8 heteroatoms. The number of pyridine rings is 1. The van der Waals surface area contributed by atoms with Gasteiger partial charge in [-0.25, -0.2) is 4.98 Å². The van der Waals surface area contributed by atoms with Crippen LogP contribution in [-0.4, -0.2) is 46.1 Å². The van der Waals surface area contributed by atoms with Gasteiger partial charge < -0.3 is 14.2 Å². The smallest absolute Gasteiger partial charge is 0.255 e. The average molecular weight is 349 g/mol. The number of halogens is 1. The number of aromatic nitrogens is 3. The van der Waals surface area contributed by atoms with Gasteiger partial charge in [0, 0.05) is 25.2 Å². The van der Waals surface area contributed by atoms with E-state index in [1.165, 1.54) is 13.3 Å². The summed E-state index contributed by atoms with van der Waals surface area (Å²) in [6, 6.07) is 1.58. The van der Waals surface area contributed by atoms with Gasteiger partial charge >= 0.3 is 0 Å². The van der Waals surface area contributed by atoms with E-state index in [0.717, 1.165) is 25.1 Å². The molecule has 0 spiro atoms. The molecule has 2 fully saturated rings. The van der Waals surface area contributed by atoms with Gasteiger partial charge in [0.1, 0.15) is 5.02 Å². The molecule has 1 atom stereocenters. The van der Waals surface area contributed by atoms with E-state index in [4.69, 9.17) is 20.9 Å². The molecule has 2 aromatic rings. The molecule has 1 saturated heterocycles. The highest BCUT2D eigenvalue weighted by Gasteiger charge is 2.34. The predicted octanol–water partition coefficient (Wildman–Crippen LogP) is 2.63. The van der Waals surface area contributed by atoms with Gasteiger partial charge in [0.15, 0.2) is 5.82 Å². The molecular weight excluding hydrogens is 332 g/mol. The van der Waals surface area contributed by atoms with E-state index in [9.17, 15) is 4.79 Å². The predicted molar refractivity (Wildman–Crippen MR) is 85.3 cm³/mol. The summed E-state index contributed by atoms with van der Waals surface area (Å²) in [5.41, 5.74) is 0.450. The van der Waals surface area contributed by atoms with Crippen LogP contribution in [0.15, 0.2) is 16.8 Å². The fourth-order valence-electron chi connectivity index (χ4n) is 2.94. The number of carbonyl (C=O) groups is 1. The maximum atomic E-state index is 12.6. The summed E-state index contributed by atoms with van der Waals surface area (Å²) >= 11 is 6.05. The largest absolute Gasteiger partial charge is 0.480 e. The lowest BCUT2D eigenvalue weighted by atomic mass is 10.1. The molecular formula is C16H17ClN4O3. The van der Waals surface area contributed by atoms with Crippen LogP contribution in [-0.2, 0) is 0 Å². The molecule has 1 amide bonds. The topological polar surface area (TPSA) is 81.4 Å². The fraction of sp³-hybridized carbons (Fsp3) is 0.500. The first-order valence-electron chi connectivity index (χ1n) is 7.98. The van der Waals surface area contributed by atoms with Crippen molar-refractivity contribution in [3.63, 3.8) is 0 Å². The molecule has 2 aliphatic rings. The summed E-state index contributed by atoms with van der Waals surface area (Å²) in [4.78, 5) is 22.9. The Hall–Kier alpha value is -2.15. The van der Waals surface area contributed by atoms with Crippen LogP contribution in [0.25, 0.3) is 0 Å². The molecule has 0 radical (unpaired) electrons. The Labute approximate surface area is 144 Å². The zero-order valence-electron chi connectivity index (χ0n) is 13.2. The summed E-state index contributed by atoms with van der Waals surface area (Å²) in [6.07, 6.45) is 4.58. The minimum Gasteiger partial charge on any atom is -0.480 e. The van der Waals surface area contributed by atoms with Gasteiger partial charge in [-0.15, -0.1) is 0 Å². The first kappa shape index (κ1) is 15.4. The highest BCUT2D eigenvalue weighted by Crippen LogP contribution is 2.39. The van der Waals surface area contributed by atoms with Crippen LogP contribution in [0.3, 0.4) is 0 Å². The third kappa shape index (κ3) is 2.84. The van der Waals surface area contributed by atoms with Gasteiger partial charge in [0.05, 0.1) is 18.6 Å². The fourth-order valence-corrected chi connectivity index (χ4v) is 3.19. The van der Waals surface area contributed by atoms with Gasteiger partial charge in [-0.05, 0) is 25.3 Å². The molecule has 7 nitrogen and oxygen atoms in total. The van der Waals surface area contributed by atoms with E-state index in [1.54, 1.807) is 11.0 Å². The SMILES string of the molecule is COc1ncc(C(=O)N2CC[C@@H](c3nc(C4CC4)no3)C2)cc1Cl. The van der Waals surface area contributed by atoms with Crippen molar-refractivity contribution in [2.75, 3.05) is 20.2 Å². The van der Waals surface area contributed by atoms with Crippen LogP contribution in [0.2, 0.25) is 5.02 Å². The zero-order valence-corrected chi connectivity index (χ0v) is 14.0. The molecule has 1 aliphatic heterocycles. The lowest BCUT2D eigenvalue weighted by Crippen LogP contribution is -2.28. The number of nitrogens with zero attached hydrogens (tertiary/aromatic N) is 4. The monoisotopic (exact) mass is 348 g/mol. The van der Waals surface area contributed by atoms with Crippen molar-refractivity contribution in [3.8, 4) is 5.88 Å². The Kier molecular flexibility index (Phi) is 3.88. The second-order valence-corrected chi connectivity index (χ2v) is 6.62. The second-order valence-electron chi connectivity index (χ2n) is 6.22. The van der Waals surface area contributed by atoms with Gasteiger partial charge in [0.25, 0.3) is 5.91 Å². The van der Waals surface area contributed by atoms with Crippen molar-refractivity contribution in [1.82, 2.24) is 20.0 Å². The maximum Gasteiger partial charge on any atom is 0.255 e. The molecule has 2 aromatic heterocycles. The van der Waals surface area contributed by atoms with Crippen LogP contribution >= 0.6 is 11.6 Å². The zero-order chi connectivity index (χ0) is 16.7. The van der Waals surface area contributed by atoms with Crippen molar-refractivity contribution in [2.45, 2.75) is 31.1 Å². The lowest BCUT2D eigenvalue weighted by Gasteiger charge is -2.16. The van der Waals surface area contributed by atoms with Crippen LogP contribution in [0.1, 0.15) is 53.2 Å². The molecule has 0 unspecified atom stereocenters. The maximum absolute atomic E-state index is 12.6. The average Bonchev–Trinajstić information content (AvgIpc) is 3.12. The number of likely N-dealkylation sites (tertiary alicyclic amines) is 1. The highest BCUT2D eigenvalue weighted by molar-refractivity contribution is 6.32. The Morgan fingerprint density at radius 1 is 1.38 bits per heavy atom. The van der Waals surface area contributed by atoms with Crippen molar-refractivity contribution >= 4 is 17.5 Å². The van der Waals surface area contributed by atoms with E-state index in [-0.39, 0.29) is 11.8 Å². The quantitative estimate of drug-likeness (QED) is 0.844. The highest BCUT2D eigenvalue weighted by atomic mass is 35.5. The van der Waals surface area contributed by atoms with E-state index in [0.29, 0.717) is 41.4 Å². The normalized spacial score (nSPS) is 20.4. The second kappa shape index (κ2) is 6.05. The Balaban J connectivity index is 1.45. The molecule has 4 rings (SSSR count). The van der Waals surface area contributed by atoms with Gasteiger partial charge in [-0.1, -0.05) is 16.8 Å². The van der Waals surface area contributed by atoms with Crippen molar-refractivity contribution in [2.24, 2.45) is 0 Å². The number of amides is 1. The number of hydrogen-bond donors (Lipinski definition) is 0. The summed E-state index contributed by atoms with van der Waals surface area (Å²) in [5, 5.41) is 4.37. The standard InChI is InChI=1S/C16H17ClN4O3/c1-23-15-12(17)6-11(7-18-15)16(22)21-5-4-10(8-21)14-19-13(20-24-14)9-2-3-9/h6-7,9-10H,2-5,8H2,1H3/t10-/m1/s1. The minimum absolute atomic E-state index is 0.0932. The van der Waals surface area contributed by atoms with Crippen molar-refractivity contribution < 1.29 is 14.1 Å². The first-order valence-corrected chi connectivity index (χ1v) is 8.36. The van der Waals surface area contributed by atoms with Gasteiger partial charge in [-0.3, -0.25) is 4.79 Å². The molecule has 0 aromatic carbocycles. The molecule has 0 bridgehead atoms. The van der Waals surface area contributed by atoms with E-state index >= 15 is 0 Å². The van der Waals surface area contributed by atoms with Crippen LogP contribution in [0, 0.1) is 0 Å². The van der Waals surface area contributed by atoms with Crippen molar-refractivity contribution in [3.05, 3.63) is 34.6 Å². The van der Waals surface area contributed by atoms with E-state index < -0.39 is 0 Å². The van der Waals surface area contributed by atoms with Crippen LogP contribution in [0.5, 0.6) is 5.88 Å². The summed E-state index contributed by atoms with van der Waals surface area (Å²) < 4.78 is 10.4. The third-order valence-corrected chi connectivity index (χ3v) is 4.74. The minimum atomic E-state index is -0.100. The summed E-state index contributed by atoms with van der Waals surface area (Å²) in [7, 11) is 1.49. The number of rotatable bonds is 4. The summed E-state index contributed by atoms with van der Waals surface area (Å²) in [6.45, 7) is 1.21. The lowest BCUT2D eigenvalue weighted by molar-refractivity contribution is 0.0789. The van der Waals surface area contributed by atoms with Gasteiger partial charge in [-0.2, -0.15) is 4.98 Å². The van der Waals surface area contributed by atoms with E-state index in [1.807, 2.05) is 0 Å². The Morgan fingerprint density at radius 3 is 2.92 bits per heavy atom. The molecule has 24 heavy (non-hydrogen) atoms. The van der Waals surface area contributed by atoms with Crippen LogP contribution in [0.4, 0.5) is 0 Å². The number of hydrogen-bond acceptors (Lipinski definition) is 6. The number of ether oxygens (including phenoxy) is 1. The third-order valence-electron chi connectivity index (χ3n) is 4.47. The number of methoxy groups -OCH3 is 1. The molecule has 1 saturated carbocycles. The molecule has 126 valence electrons. The molecule has 3 heterocycles. The molecule has 0 N–H and O–H groups in total. The Bertz CT molecular complexity index is 774. The first-order chi connectivity index (χ1) is 11.7. The molecule has 1 aliphatic carbocycles. The van der Waals surface area contributed by atoms with Gasteiger partial charge in [0.2, 0.25) is 11.8 Å². The van der Waals surface area contributed by atoms with Crippen molar-refractivity contribution in [1.29, 1.82) is 0 Å². The van der Waals surface area contributed by atoms with Crippen LogP contribution < -0.4 is 4.74 Å². The number of carbonyl (C=O) groups excluding carboxylic acids is 1. The Morgan fingerprint density at radius 2 is 2.21 bits per heavy atom. The summed E-state index contributed by atoms with van der Waals surface area (Å²) in [5.74, 6) is 2.21.